The van der Waals surface area contributed by atoms with E-state index in [1.54, 1.807) is 12.1 Å². The first-order valence-electron chi connectivity index (χ1n) is 11.9. The van der Waals surface area contributed by atoms with Crippen LogP contribution >= 0.6 is 0 Å². The SMILES string of the molecule is CC(C)CCc1nc(C2CCCCC2)nn1Cc1ccc(-c2ccccc2C(=O)O)cc1. The molecular weight excluding hydrogens is 398 g/mol. The smallest absolute Gasteiger partial charge is 0.336 e. The lowest BCUT2D eigenvalue weighted by atomic mass is 9.89. The van der Waals surface area contributed by atoms with Gasteiger partial charge in [0.25, 0.3) is 0 Å². The quantitative estimate of drug-likeness (QED) is 0.453. The van der Waals surface area contributed by atoms with Gasteiger partial charge in [-0.3, -0.25) is 0 Å². The third-order valence-electron chi connectivity index (χ3n) is 6.44. The second kappa shape index (κ2) is 10.1. The van der Waals surface area contributed by atoms with Crippen molar-refractivity contribution < 1.29 is 9.90 Å². The van der Waals surface area contributed by atoms with Gasteiger partial charge in [0.2, 0.25) is 0 Å². The van der Waals surface area contributed by atoms with Crippen LogP contribution in [0.5, 0.6) is 0 Å². The molecule has 0 bridgehead atoms. The van der Waals surface area contributed by atoms with E-state index in [9.17, 15) is 9.90 Å². The zero-order valence-electron chi connectivity index (χ0n) is 19.1. The van der Waals surface area contributed by atoms with E-state index in [1.807, 2.05) is 24.3 Å². The Bertz CT molecular complexity index is 1050. The lowest BCUT2D eigenvalue weighted by molar-refractivity contribution is 0.0697. The molecular formula is C27H33N3O2. The van der Waals surface area contributed by atoms with Crippen molar-refractivity contribution in [3.8, 4) is 11.1 Å². The molecule has 1 fully saturated rings. The van der Waals surface area contributed by atoms with E-state index in [-0.39, 0.29) is 0 Å². The van der Waals surface area contributed by atoms with Crippen molar-refractivity contribution in [2.75, 3.05) is 0 Å². The van der Waals surface area contributed by atoms with Crippen molar-refractivity contribution in [1.29, 1.82) is 0 Å². The summed E-state index contributed by atoms with van der Waals surface area (Å²) >= 11 is 0. The number of nitrogens with zero attached hydrogens (tertiary/aromatic N) is 3. The molecule has 4 rings (SSSR count). The highest BCUT2D eigenvalue weighted by Crippen LogP contribution is 2.31. The fraction of sp³-hybridized carbons (Fsp3) is 0.444. The van der Waals surface area contributed by atoms with Crippen LogP contribution in [-0.2, 0) is 13.0 Å². The van der Waals surface area contributed by atoms with Crippen LogP contribution in [0.15, 0.2) is 48.5 Å². The Hall–Kier alpha value is -2.95. The first-order valence-corrected chi connectivity index (χ1v) is 11.9. The molecule has 0 radical (unpaired) electrons. The van der Waals surface area contributed by atoms with Crippen molar-refractivity contribution >= 4 is 5.97 Å². The number of hydrogen-bond donors (Lipinski definition) is 1. The summed E-state index contributed by atoms with van der Waals surface area (Å²) in [5.74, 6) is 2.33. The summed E-state index contributed by atoms with van der Waals surface area (Å²) in [6.45, 7) is 5.18. The van der Waals surface area contributed by atoms with Crippen LogP contribution in [-0.4, -0.2) is 25.8 Å². The van der Waals surface area contributed by atoms with Gasteiger partial charge in [-0.05, 0) is 47.9 Å². The number of aromatic carboxylic acids is 1. The molecule has 0 saturated heterocycles. The number of aryl methyl sites for hydroxylation is 1. The summed E-state index contributed by atoms with van der Waals surface area (Å²) in [4.78, 5) is 16.5. The van der Waals surface area contributed by atoms with E-state index >= 15 is 0 Å². The van der Waals surface area contributed by atoms with Gasteiger partial charge in [0, 0.05) is 12.3 Å². The molecule has 32 heavy (non-hydrogen) atoms. The molecule has 0 amide bonds. The van der Waals surface area contributed by atoms with E-state index in [0.29, 0.717) is 23.9 Å². The van der Waals surface area contributed by atoms with Crippen LogP contribution in [0.1, 0.15) is 85.9 Å². The second-order valence-electron chi connectivity index (χ2n) is 9.36. The van der Waals surface area contributed by atoms with Crippen molar-refractivity contribution in [3.05, 3.63) is 71.3 Å². The normalized spacial score (nSPS) is 14.7. The molecule has 5 heteroatoms. The van der Waals surface area contributed by atoms with Gasteiger partial charge in [0.05, 0.1) is 12.1 Å². The minimum absolute atomic E-state index is 0.324. The van der Waals surface area contributed by atoms with Gasteiger partial charge in [0.15, 0.2) is 5.82 Å². The van der Waals surface area contributed by atoms with Crippen molar-refractivity contribution in [2.24, 2.45) is 5.92 Å². The Labute approximate surface area is 190 Å². The van der Waals surface area contributed by atoms with Crippen molar-refractivity contribution in [2.45, 2.75) is 71.3 Å². The summed E-state index contributed by atoms with van der Waals surface area (Å²) in [5, 5.41) is 14.4. The molecule has 2 aromatic carbocycles. The number of benzene rings is 2. The van der Waals surface area contributed by atoms with Crippen LogP contribution < -0.4 is 0 Å². The molecule has 0 atom stereocenters. The first kappa shape index (κ1) is 22.3. The third kappa shape index (κ3) is 5.26. The molecule has 168 valence electrons. The Morgan fingerprint density at radius 2 is 1.78 bits per heavy atom. The van der Waals surface area contributed by atoms with Gasteiger partial charge in [-0.1, -0.05) is 75.6 Å². The molecule has 1 N–H and O–H groups in total. The van der Waals surface area contributed by atoms with E-state index in [4.69, 9.17) is 10.1 Å². The Morgan fingerprint density at radius 1 is 1.06 bits per heavy atom. The molecule has 1 aliphatic rings. The van der Waals surface area contributed by atoms with Gasteiger partial charge in [-0.2, -0.15) is 5.10 Å². The maximum Gasteiger partial charge on any atom is 0.336 e. The molecule has 0 spiro atoms. The highest BCUT2D eigenvalue weighted by Gasteiger charge is 2.22. The number of rotatable bonds is 8. The maximum atomic E-state index is 11.6. The van der Waals surface area contributed by atoms with Crippen LogP contribution in [0.25, 0.3) is 11.1 Å². The zero-order valence-corrected chi connectivity index (χ0v) is 19.1. The second-order valence-corrected chi connectivity index (χ2v) is 9.36. The highest BCUT2D eigenvalue weighted by molar-refractivity contribution is 5.95. The number of aromatic nitrogens is 3. The minimum atomic E-state index is -0.905. The van der Waals surface area contributed by atoms with Crippen molar-refractivity contribution in [1.82, 2.24) is 14.8 Å². The minimum Gasteiger partial charge on any atom is -0.478 e. The maximum absolute atomic E-state index is 11.6. The average molecular weight is 432 g/mol. The largest absolute Gasteiger partial charge is 0.478 e. The van der Waals surface area contributed by atoms with Crippen LogP contribution in [0.3, 0.4) is 0 Å². The number of carboxylic acids is 1. The summed E-state index contributed by atoms with van der Waals surface area (Å²) in [6.07, 6.45) is 8.33. The predicted octanol–water partition coefficient (Wildman–Crippen LogP) is 6.33. The van der Waals surface area contributed by atoms with Crippen LogP contribution in [0.4, 0.5) is 0 Å². The molecule has 1 aliphatic carbocycles. The fourth-order valence-corrected chi connectivity index (χ4v) is 4.54. The standard InChI is InChI=1S/C27H33N3O2/c1-19(2)12-17-25-28-26(22-8-4-3-5-9-22)29-30(25)18-20-13-15-21(16-14-20)23-10-6-7-11-24(23)27(31)32/h6-7,10-11,13-16,19,22H,3-5,8-9,12,17-18H2,1-2H3,(H,31,32). The number of carboxylic acid groups (broad SMARTS) is 1. The first-order chi connectivity index (χ1) is 15.5. The topological polar surface area (TPSA) is 68.0 Å². The van der Waals surface area contributed by atoms with Crippen molar-refractivity contribution in [3.63, 3.8) is 0 Å². The summed E-state index contributed by atoms with van der Waals surface area (Å²) in [6, 6.07) is 15.3. The lowest BCUT2D eigenvalue weighted by Crippen LogP contribution is -2.09. The Kier molecular flexibility index (Phi) is 7.03. The van der Waals surface area contributed by atoms with E-state index in [1.165, 1.54) is 32.1 Å². The van der Waals surface area contributed by atoms with Gasteiger partial charge in [-0.15, -0.1) is 0 Å². The fourth-order valence-electron chi connectivity index (χ4n) is 4.54. The van der Waals surface area contributed by atoms with E-state index < -0.39 is 5.97 Å². The van der Waals surface area contributed by atoms with Gasteiger partial charge >= 0.3 is 5.97 Å². The van der Waals surface area contributed by atoms with Gasteiger partial charge in [0.1, 0.15) is 5.82 Å². The highest BCUT2D eigenvalue weighted by atomic mass is 16.4. The summed E-state index contributed by atoms with van der Waals surface area (Å²) in [7, 11) is 0. The number of hydrogen-bond acceptors (Lipinski definition) is 3. The van der Waals surface area contributed by atoms with E-state index in [2.05, 4.69) is 30.7 Å². The molecule has 1 aromatic heterocycles. The van der Waals surface area contributed by atoms with Crippen LogP contribution in [0, 0.1) is 5.92 Å². The zero-order chi connectivity index (χ0) is 22.5. The third-order valence-corrected chi connectivity index (χ3v) is 6.44. The Morgan fingerprint density at radius 3 is 2.47 bits per heavy atom. The summed E-state index contributed by atoms with van der Waals surface area (Å²) in [5.41, 5.74) is 3.12. The lowest BCUT2D eigenvalue weighted by Gasteiger charge is -2.18. The Balaban J connectivity index is 1.56. The van der Waals surface area contributed by atoms with E-state index in [0.717, 1.165) is 41.2 Å². The molecule has 0 aliphatic heterocycles. The average Bonchev–Trinajstić information content (AvgIpc) is 3.21. The molecule has 0 unspecified atom stereocenters. The molecule has 3 aromatic rings. The molecule has 1 saturated carbocycles. The predicted molar refractivity (Wildman–Crippen MR) is 127 cm³/mol. The number of carbonyl (C=O) groups is 1. The van der Waals surface area contributed by atoms with Crippen LogP contribution in [0.2, 0.25) is 0 Å². The monoisotopic (exact) mass is 431 g/mol. The van der Waals surface area contributed by atoms with Gasteiger partial charge < -0.3 is 5.11 Å². The molecule has 1 heterocycles. The summed E-state index contributed by atoms with van der Waals surface area (Å²) < 4.78 is 2.09. The molecule has 5 nitrogen and oxygen atoms in total. The van der Waals surface area contributed by atoms with Gasteiger partial charge in [-0.25, -0.2) is 14.5 Å².